The Kier molecular flexibility index (Phi) is 6.75. The van der Waals surface area contributed by atoms with Crippen molar-refractivity contribution in [3.05, 3.63) is 222 Å². The van der Waals surface area contributed by atoms with Crippen LogP contribution in [0.3, 0.4) is 0 Å². The molecular formula is C49H34N2. The van der Waals surface area contributed by atoms with E-state index in [2.05, 4.69) is 210 Å². The van der Waals surface area contributed by atoms with Crippen LogP contribution in [-0.2, 0) is 5.41 Å². The number of H-pyrrole nitrogens is 1. The van der Waals surface area contributed by atoms with E-state index in [1.165, 1.54) is 60.8 Å². The Bertz CT molecular complexity index is 2630. The highest BCUT2D eigenvalue weighted by Crippen LogP contribution is 2.57. The second kappa shape index (κ2) is 11.8. The Morgan fingerprint density at radius 2 is 0.902 bits per heavy atom. The van der Waals surface area contributed by atoms with Gasteiger partial charge in [0.25, 0.3) is 0 Å². The van der Waals surface area contributed by atoms with Crippen LogP contribution in [0, 0.1) is 0 Å². The summed E-state index contributed by atoms with van der Waals surface area (Å²) >= 11 is 0. The largest absolute Gasteiger partial charge is 0.355 e. The lowest BCUT2D eigenvalue weighted by Crippen LogP contribution is -2.28. The van der Waals surface area contributed by atoms with Crippen LogP contribution in [0.1, 0.15) is 22.3 Å². The van der Waals surface area contributed by atoms with Crippen molar-refractivity contribution in [3.63, 3.8) is 0 Å². The van der Waals surface area contributed by atoms with Crippen LogP contribution in [0.15, 0.2) is 200 Å². The molecule has 8 aromatic carbocycles. The Hall–Kier alpha value is -6.64. The molecule has 0 saturated carbocycles. The standard InChI is InChI=1S/C49H34N2/c1-4-14-36(15-5-1)49(37-16-6-2-7-17-37)45-22-12-10-20-41(45)42-30-29-40(33-46(42)49)51(38-18-8-3-9-19-38)39-27-24-34(25-28-39)35-26-31-48-44(32-35)43-21-11-13-23-47(43)50-48/h1-33,50H. The van der Waals surface area contributed by atoms with Crippen molar-refractivity contribution < 1.29 is 0 Å². The van der Waals surface area contributed by atoms with Crippen LogP contribution in [0.25, 0.3) is 44.1 Å². The van der Waals surface area contributed by atoms with Crippen molar-refractivity contribution >= 4 is 38.9 Å². The number of rotatable bonds is 6. The average Bonchev–Trinajstić information content (AvgIpc) is 3.73. The van der Waals surface area contributed by atoms with Gasteiger partial charge >= 0.3 is 0 Å². The third-order valence-electron chi connectivity index (χ3n) is 10.7. The van der Waals surface area contributed by atoms with Crippen LogP contribution in [0.4, 0.5) is 17.1 Å². The molecule has 240 valence electrons. The summed E-state index contributed by atoms with van der Waals surface area (Å²) in [5.41, 5.74) is 15.3. The van der Waals surface area contributed by atoms with Gasteiger partial charge in [-0.15, -0.1) is 0 Å². The van der Waals surface area contributed by atoms with E-state index in [9.17, 15) is 0 Å². The molecule has 2 nitrogen and oxygen atoms in total. The van der Waals surface area contributed by atoms with Crippen LogP contribution in [-0.4, -0.2) is 4.98 Å². The Balaban J connectivity index is 1.14. The summed E-state index contributed by atoms with van der Waals surface area (Å²) in [5.74, 6) is 0. The maximum atomic E-state index is 3.56. The molecule has 1 aliphatic carbocycles. The Labute approximate surface area is 297 Å². The first-order valence-electron chi connectivity index (χ1n) is 17.6. The molecule has 0 radical (unpaired) electrons. The highest BCUT2D eigenvalue weighted by atomic mass is 15.1. The van der Waals surface area contributed by atoms with Gasteiger partial charge in [-0.05, 0) is 99.1 Å². The van der Waals surface area contributed by atoms with E-state index in [1.807, 2.05) is 0 Å². The van der Waals surface area contributed by atoms with E-state index >= 15 is 0 Å². The summed E-state index contributed by atoms with van der Waals surface area (Å²) in [6, 6.07) is 73.0. The second-order valence-electron chi connectivity index (χ2n) is 13.4. The van der Waals surface area contributed by atoms with Crippen LogP contribution in [0.5, 0.6) is 0 Å². The molecule has 9 aromatic rings. The van der Waals surface area contributed by atoms with Gasteiger partial charge in [0, 0.05) is 38.9 Å². The zero-order valence-corrected chi connectivity index (χ0v) is 28.0. The number of nitrogens with zero attached hydrogens (tertiary/aromatic N) is 1. The number of benzene rings is 8. The number of para-hydroxylation sites is 2. The summed E-state index contributed by atoms with van der Waals surface area (Å²) in [4.78, 5) is 5.95. The fourth-order valence-corrected chi connectivity index (χ4v) is 8.43. The topological polar surface area (TPSA) is 19.0 Å². The lowest BCUT2D eigenvalue weighted by atomic mass is 9.67. The minimum Gasteiger partial charge on any atom is -0.355 e. The molecule has 2 heteroatoms. The first kappa shape index (κ1) is 29.3. The van der Waals surface area contributed by atoms with Crippen molar-refractivity contribution in [1.29, 1.82) is 0 Å². The third-order valence-corrected chi connectivity index (χ3v) is 10.7. The Morgan fingerprint density at radius 3 is 1.65 bits per heavy atom. The summed E-state index contributed by atoms with van der Waals surface area (Å²) < 4.78 is 0. The molecule has 0 atom stereocenters. The number of hydrogen-bond acceptors (Lipinski definition) is 1. The number of fused-ring (bicyclic) bond motifs is 6. The number of aromatic nitrogens is 1. The maximum absolute atomic E-state index is 3.56. The molecule has 0 fully saturated rings. The average molecular weight is 651 g/mol. The number of aromatic amines is 1. The van der Waals surface area contributed by atoms with Crippen molar-refractivity contribution in [2.24, 2.45) is 0 Å². The van der Waals surface area contributed by atoms with E-state index in [0.717, 1.165) is 22.6 Å². The number of nitrogens with one attached hydrogen (secondary N) is 1. The van der Waals surface area contributed by atoms with Crippen molar-refractivity contribution in [2.75, 3.05) is 4.90 Å². The fraction of sp³-hybridized carbons (Fsp3) is 0.0204. The van der Waals surface area contributed by atoms with E-state index in [-0.39, 0.29) is 0 Å². The third kappa shape index (κ3) is 4.57. The normalized spacial score (nSPS) is 12.9. The first-order valence-corrected chi connectivity index (χ1v) is 17.6. The van der Waals surface area contributed by atoms with Gasteiger partial charge in [-0.3, -0.25) is 0 Å². The minimum atomic E-state index is -0.461. The molecule has 0 saturated heterocycles. The van der Waals surface area contributed by atoms with Gasteiger partial charge in [0.1, 0.15) is 0 Å². The van der Waals surface area contributed by atoms with Crippen molar-refractivity contribution in [3.8, 4) is 22.3 Å². The van der Waals surface area contributed by atoms with Gasteiger partial charge in [-0.1, -0.05) is 146 Å². The molecule has 0 spiro atoms. The molecule has 0 bridgehead atoms. The number of anilines is 3. The monoisotopic (exact) mass is 650 g/mol. The van der Waals surface area contributed by atoms with E-state index in [4.69, 9.17) is 0 Å². The summed E-state index contributed by atoms with van der Waals surface area (Å²) in [6.45, 7) is 0. The highest BCUT2D eigenvalue weighted by molar-refractivity contribution is 6.08. The highest BCUT2D eigenvalue weighted by Gasteiger charge is 2.46. The van der Waals surface area contributed by atoms with Crippen molar-refractivity contribution in [1.82, 2.24) is 4.98 Å². The zero-order valence-electron chi connectivity index (χ0n) is 28.0. The second-order valence-corrected chi connectivity index (χ2v) is 13.4. The Morgan fingerprint density at radius 1 is 0.353 bits per heavy atom. The summed E-state index contributed by atoms with van der Waals surface area (Å²) in [5, 5.41) is 2.50. The van der Waals surface area contributed by atoms with Gasteiger partial charge < -0.3 is 9.88 Å². The molecule has 1 heterocycles. The van der Waals surface area contributed by atoms with Gasteiger partial charge in [0.15, 0.2) is 0 Å². The SMILES string of the molecule is c1ccc(N(c2ccc(-c3ccc4[nH]c5ccccc5c4c3)cc2)c2ccc3c(c2)C(c2ccccc2)(c2ccccc2)c2ccccc2-3)cc1. The summed E-state index contributed by atoms with van der Waals surface area (Å²) in [7, 11) is 0. The number of hydrogen-bond donors (Lipinski definition) is 1. The lowest BCUT2D eigenvalue weighted by Gasteiger charge is -2.35. The van der Waals surface area contributed by atoms with Gasteiger partial charge in [-0.25, -0.2) is 0 Å². The van der Waals surface area contributed by atoms with E-state index < -0.39 is 5.41 Å². The van der Waals surface area contributed by atoms with Crippen molar-refractivity contribution in [2.45, 2.75) is 5.41 Å². The van der Waals surface area contributed by atoms with Gasteiger partial charge in [-0.2, -0.15) is 0 Å². The molecule has 51 heavy (non-hydrogen) atoms. The lowest BCUT2D eigenvalue weighted by molar-refractivity contribution is 0.768. The molecule has 0 aliphatic heterocycles. The predicted molar refractivity (Wildman–Crippen MR) is 213 cm³/mol. The fourth-order valence-electron chi connectivity index (χ4n) is 8.43. The maximum Gasteiger partial charge on any atom is 0.0714 e. The first-order chi connectivity index (χ1) is 25.3. The minimum absolute atomic E-state index is 0.461. The van der Waals surface area contributed by atoms with Gasteiger partial charge in [0.2, 0.25) is 0 Å². The molecule has 1 aliphatic rings. The molecule has 0 unspecified atom stereocenters. The molecule has 0 amide bonds. The molecule has 10 rings (SSSR count). The van der Waals surface area contributed by atoms with Gasteiger partial charge in [0.05, 0.1) is 5.41 Å². The quantitative estimate of drug-likeness (QED) is 0.190. The smallest absolute Gasteiger partial charge is 0.0714 e. The summed E-state index contributed by atoms with van der Waals surface area (Å²) in [6.07, 6.45) is 0. The van der Waals surface area contributed by atoms with E-state index in [1.54, 1.807) is 0 Å². The molecular weight excluding hydrogens is 617 g/mol. The predicted octanol–water partition coefficient (Wildman–Crippen LogP) is 12.8. The van der Waals surface area contributed by atoms with Crippen LogP contribution < -0.4 is 4.90 Å². The van der Waals surface area contributed by atoms with E-state index in [0.29, 0.717) is 0 Å². The van der Waals surface area contributed by atoms with Crippen LogP contribution >= 0.6 is 0 Å². The van der Waals surface area contributed by atoms with Crippen LogP contribution in [0.2, 0.25) is 0 Å². The molecule has 1 N–H and O–H groups in total. The molecule has 1 aromatic heterocycles. The zero-order chi connectivity index (χ0) is 33.8.